The summed E-state index contributed by atoms with van der Waals surface area (Å²) in [5.74, 6) is -3.13. The Kier molecular flexibility index (Phi) is 1.18. The monoisotopic (exact) mass is 274 g/mol. The molecule has 6 heteroatoms. The number of carbonyl (C=O) groups excluding carboxylic acids is 4. The van der Waals surface area contributed by atoms with Gasteiger partial charge in [0.25, 0.3) is 0 Å². The summed E-state index contributed by atoms with van der Waals surface area (Å²) in [6, 6.07) is 0. The molecular formula is C14H10O6. The molecule has 6 nitrogen and oxygen atoms in total. The molecule has 6 rings (SSSR count). The maximum atomic E-state index is 11.9. The van der Waals surface area contributed by atoms with Crippen LogP contribution in [-0.2, 0) is 28.7 Å². The molecule has 2 aliphatic heterocycles. The molecular weight excluding hydrogens is 264 g/mol. The van der Waals surface area contributed by atoms with Crippen molar-refractivity contribution < 1.29 is 28.7 Å². The van der Waals surface area contributed by atoms with Gasteiger partial charge in [0.15, 0.2) is 0 Å². The maximum absolute atomic E-state index is 11.9. The Hall–Kier alpha value is -1.72. The van der Waals surface area contributed by atoms with Gasteiger partial charge in [0.2, 0.25) is 0 Å². The zero-order valence-electron chi connectivity index (χ0n) is 10.3. The molecule has 6 aliphatic rings. The van der Waals surface area contributed by atoms with E-state index in [9.17, 15) is 19.2 Å². The fourth-order valence-electron chi connectivity index (χ4n) is 6.64. The lowest BCUT2D eigenvalue weighted by molar-refractivity contribution is -0.158. The van der Waals surface area contributed by atoms with E-state index in [1.165, 1.54) is 0 Å². The Balaban J connectivity index is 1.54. The lowest BCUT2D eigenvalue weighted by Gasteiger charge is -2.51. The minimum atomic E-state index is -0.427. The van der Waals surface area contributed by atoms with Gasteiger partial charge in [0, 0.05) is 0 Å². The van der Waals surface area contributed by atoms with E-state index in [0.717, 1.165) is 12.8 Å². The van der Waals surface area contributed by atoms with Crippen molar-refractivity contribution in [3.8, 4) is 0 Å². The van der Waals surface area contributed by atoms with Crippen molar-refractivity contribution in [3.63, 3.8) is 0 Å². The van der Waals surface area contributed by atoms with Crippen molar-refractivity contribution in [1.82, 2.24) is 0 Å². The van der Waals surface area contributed by atoms with Gasteiger partial charge in [-0.1, -0.05) is 0 Å². The summed E-state index contributed by atoms with van der Waals surface area (Å²) in [7, 11) is 0. The molecule has 6 fully saturated rings. The molecule has 2 saturated heterocycles. The molecule has 0 aromatic heterocycles. The number of cyclic esters (lactones) is 4. The van der Waals surface area contributed by atoms with Crippen molar-refractivity contribution in [2.75, 3.05) is 0 Å². The third-order valence-corrected chi connectivity index (χ3v) is 7.14. The highest BCUT2D eigenvalue weighted by molar-refractivity contribution is 6.03. The first kappa shape index (κ1) is 10.1. The van der Waals surface area contributed by atoms with E-state index in [-0.39, 0.29) is 46.3 Å². The molecule has 2 spiro atoms. The molecule has 0 radical (unpaired) electrons. The highest BCUT2D eigenvalue weighted by Gasteiger charge is 2.98. The van der Waals surface area contributed by atoms with Crippen LogP contribution in [0.3, 0.4) is 0 Å². The van der Waals surface area contributed by atoms with Gasteiger partial charge in [-0.2, -0.15) is 0 Å². The number of fused-ring (bicyclic) bond motifs is 4. The molecule has 102 valence electrons. The number of rotatable bonds is 0. The minimum absolute atomic E-state index is 0.0323. The SMILES string of the molecule is O=C1OC(=O)[C@H]2C1[C@H]1C[C@@]13C1C(=O)OC(=O)[C@H]1[C@@]31C[C@H]21. The predicted octanol–water partition coefficient (Wildman–Crippen LogP) is -0.342. The molecule has 4 aliphatic carbocycles. The van der Waals surface area contributed by atoms with Gasteiger partial charge in [-0.25, -0.2) is 0 Å². The molecule has 20 heavy (non-hydrogen) atoms. The van der Waals surface area contributed by atoms with Gasteiger partial charge < -0.3 is 9.47 Å². The van der Waals surface area contributed by atoms with Crippen molar-refractivity contribution in [2.24, 2.45) is 46.3 Å². The summed E-state index contributed by atoms with van der Waals surface area (Å²) in [6.07, 6.45) is 1.52. The van der Waals surface area contributed by atoms with E-state index in [0.29, 0.717) is 0 Å². The Labute approximate surface area is 112 Å². The third-order valence-electron chi connectivity index (χ3n) is 7.14. The smallest absolute Gasteiger partial charge is 0.318 e. The van der Waals surface area contributed by atoms with Crippen LogP contribution in [0.5, 0.6) is 0 Å². The zero-order valence-corrected chi connectivity index (χ0v) is 10.3. The normalized spacial score (nSPS) is 63.2. The summed E-state index contributed by atoms with van der Waals surface area (Å²) >= 11 is 0. The summed E-state index contributed by atoms with van der Waals surface area (Å²) in [6.45, 7) is 0. The Morgan fingerprint density at radius 3 is 1.55 bits per heavy atom. The summed E-state index contributed by atoms with van der Waals surface area (Å²) in [5, 5.41) is 0. The number of ether oxygens (including phenoxy) is 2. The third kappa shape index (κ3) is 0.636. The second-order valence-corrected chi connectivity index (χ2v) is 7.19. The number of esters is 4. The van der Waals surface area contributed by atoms with Gasteiger partial charge in [0.1, 0.15) is 0 Å². The van der Waals surface area contributed by atoms with Crippen LogP contribution in [0.2, 0.25) is 0 Å². The number of hydrogen-bond donors (Lipinski definition) is 0. The molecule has 0 N–H and O–H groups in total. The molecule has 0 amide bonds. The van der Waals surface area contributed by atoms with Crippen LogP contribution >= 0.6 is 0 Å². The van der Waals surface area contributed by atoms with Crippen LogP contribution in [0.1, 0.15) is 12.8 Å². The summed E-state index contributed by atoms with van der Waals surface area (Å²) in [4.78, 5) is 47.6. The van der Waals surface area contributed by atoms with Gasteiger partial charge in [-0.05, 0) is 35.5 Å². The Morgan fingerprint density at radius 1 is 0.700 bits per heavy atom. The molecule has 2 unspecified atom stereocenters. The number of carbonyl (C=O) groups is 4. The van der Waals surface area contributed by atoms with E-state index in [1.54, 1.807) is 0 Å². The fourth-order valence-corrected chi connectivity index (χ4v) is 6.64. The Morgan fingerprint density at radius 2 is 1.10 bits per heavy atom. The van der Waals surface area contributed by atoms with Crippen molar-refractivity contribution in [3.05, 3.63) is 0 Å². The van der Waals surface area contributed by atoms with E-state index < -0.39 is 23.9 Å². The van der Waals surface area contributed by atoms with Gasteiger partial charge in [0.05, 0.1) is 23.7 Å². The van der Waals surface area contributed by atoms with E-state index in [1.807, 2.05) is 0 Å². The van der Waals surface area contributed by atoms with Crippen LogP contribution in [0, 0.1) is 46.3 Å². The average Bonchev–Trinajstić information content (AvgIpc) is 3.22. The fraction of sp³-hybridized carbons (Fsp3) is 0.714. The lowest BCUT2D eigenvalue weighted by Crippen LogP contribution is -2.58. The standard InChI is InChI=1S/C14H10O6/c15-9-5-3-1-13(3)7-8(12(18)20-11(7)17)14(13)2-4(14)6(5)10(16)19-9/h3-8H,1-2H2/t3-,4-,5-,6?,7+,8?,13+,14+/m1/s1. The van der Waals surface area contributed by atoms with E-state index in [4.69, 9.17) is 9.47 Å². The molecule has 0 aromatic rings. The van der Waals surface area contributed by atoms with Crippen LogP contribution in [0.15, 0.2) is 0 Å². The van der Waals surface area contributed by atoms with Crippen LogP contribution in [-0.4, -0.2) is 23.9 Å². The molecule has 8 atom stereocenters. The highest BCUT2D eigenvalue weighted by atomic mass is 16.6. The second-order valence-electron chi connectivity index (χ2n) is 7.19. The van der Waals surface area contributed by atoms with E-state index >= 15 is 0 Å². The molecule has 4 saturated carbocycles. The van der Waals surface area contributed by atoms with Crippen LogP contribution < -0.4 is 0 Å². The second kappa shape index (κ2) is 2.34. The number of hydrogen-bond acceptors (Lipinski definition) is 6. The van der Waals surface area contributed by atoms with Gasteiger partial charge in [-0.3, -0.25) is 19.2 Å². The summed E-state index contributed by atoms with van der Waals surface area (Å²) < 4.78 is 9.64. The quantitative estimate of drug-likeness (QED) is 0.443. The first-order valence-electron chi connectivity index (χ1n) is 7.05. The molecule has 0 aromatic carbocycles. The maximum Gasteiger partial charge on any atom is 0.318 e. The zero-order chi connectivity index (χ0) is 13.6. The average molecular weight is 274 g/mol. The van der Waals surface area contributed by atoms with E-state index in [2.05, 4.69) is 0 Å². The lowest BCUT2D eigenvalue weighted by atomic mass is 9.46. The van der Waals surface area contributed by atoms with Gasteiger partial charge in [-0.15, -0.1) is 0 Å². The minimum Gasteiger partial charge on any atom is -0.393 e. The highest BCUT2D eigenvalue weighted by Crippen LogP contribution is 2.96. The van der Waals surface area contributed by atoms with Gasteiger partial charge >= 0.3 is 23.9 Å². The predicted molar refractivity (Wildman–Crippen MR) is 57.2 cm³/mol. The summed E-state index contributed by atoms with van der Waals surface area (Å²) in [5.41, 5.74) is -0.479. The Bertz CT molecular complexity index is 595. The first-order valence-corrected chi connectivity index (χ1v) is 7.05. The molecule has 0 bridgehead atoms. The van der Waals surface area contributed by atoms with Crippen LogP contribution in [0.4, 0.5) is 0 Å². The van der Waals surface area contributed by atoms with Crippen molar-refractivity contribution in [1.29, 1.82) is 0 Å². The van der Waals surface area contributed by atoms with Crippen molar-refractivity contribution in [2.45, 2.75) is 12.8 Å². The first-order chi connectivity index (χ1) is 9.54. The van der Waals surface area contributed by atoms with Crippen LogP contribution in [0.25, 0.3) is 0 Å². The molecule has 2 heterocycles. The largest absolute Gasteiger partial charge is 0.393 e. The topological polar surface area (TPSA) is 86.7 Å². The van der Waals surface area contributed by atoms with Crippen molar-refractivity contribution >= 4 is 23.9 Å².